The first-order chi connectivity index (χ1) is 12.3. The molecule has 140 valence electrons. The van der Waals surface area contributed by atoms with Crippen LogP contribution >= 0.6 is 35.3 Å². The van der Waals surface area contributed by atoms with Crippen LogP contribution in [0.5, 0.6) is 5.75 Å². The molecule has 1 N–H and O–H groups in total. The van der Waals surface area contributed by atoms with E-state index >= 15 is 0 Å². The number of benzene rings is 1. The van der Waals surface area contributed by atoms with Crippen molar-refractivity contribution in [3.05, 3.63) is 28.6 Å². The zero-order chi connectivity index (χ0) is 18.9. The van der Waals surface area contributed by atoms with Crippen LogP contribution in [-0.4, -0.2) is 37.2 Å². The summed E-state index contributed by atoms with van der Waals surface area (Å²) in [6.45, 7) is 2.49. The lowest BCUT2D eigenvalue weighted by Crippen LogP contribution is -2.22. The Balaban J connectivity index is 2.04. The summed E-state index contributed by atoms with van der Waals surface area (Å²) in [5, 5.41) is 4.04. The van der Waals surface area contributed by atoms with Gasteiger partial charge in [0.2, 0.25) is 0 Å². The number of hydrogen-bond acceptors (Lipinski definition) is 7. The molecule has 1 aliphatic rings. The zero-order valence-corrected chi connectivity index (χ0v) is 17.7. The fraction of sp³-hybridized carbons (Fsp3) is 0.353. The number of anilines is 1. The number of ether oxygens (including phenoxy) is 1. The quantitative estimate of drug-likeness (QED) is 0.388. The first-order valence-corrected chi connectivity index (χ1v) is 11.8. The number of allylic oxidation sites excluding steroid dienone is 1. The van der Waals surface area contributed by atoms with Crippen molar-refractivity contribution in [2.24, 2.45) is 0 Å². The van der Waals surface area contributed by atoms with Crippen LogP contribution in [0.3, 0.4) is 0 Å². The van der Waals surface area contributed by atoms with E-state index in [0.717, 1.165) is 42.7 Å². The van der Waals surface area contributed by atoms with Crippen molar-refractivity contribution in [2.75, 3.05) is 24.3 Å². The van der Waals surface area contributed by atoms with Crippen LogP contribution in [0.4, 0.5) is 5.69 Å². The van der Waals surface area contributed by atoms with Crippen molar-refractivity contribution < 1.29 is 17.7 Å². The number of hydrogen-bond donors (Lipinski definition) is 1. The summed E-state index contributed by atoms with van der Waals surface area (Å²) in [6.07, 6.45) is 3.07. The van der Waals surface area contributed by atoms with E-state index in [1.165, 1.54) is 0 Å². The third kappa shape index (κ3) is 4.07. The van der Waals surface area contributed by atoms with E-state index in [4.69, 9.17) is 21.5 Å². The van der Waals surface area contributed by atoms with Crippen molar-refractivity contribution in [3.63, 3.8) is 0 Å². The first kappa shape index (κ1) is 19.6. The highest BCUT2D eigenvalue weighted by Crippen LogP contribution is 2.53. The van der Waals surface area contributed by atoms with Crippen LogP contribution in [-0.2, 0) is 10.1 Å². The molecule has 0 spiro atoms. The Labute approximate surface area is 166 Å². The van der Waals surface area contributed by atoms with E-state index in [2.05, 4.69) is 4.90 Å². The van der Waals surface area contributed by atoms with E-state index in [-0.39, 0.29) is 5.75 Å². The zero-order valence-electron chi connectivity index (χ0n) is 14.4. The normalized spacial score (nSPS) is 15.7. The lowest BCUT2D eigenvalue weighted by Gasteiger charge is -2.21. The number of thiocarbonyl (C=S) groups is 1. The van der Waals surface area contributed by atoms with Gasteiger partial charge in [-0.1, -0.05) is 30.9 Å². The summed E-state index contributed by atoms with van der Waals surface area (Å²) in [4.78, 5) is 4.01. The highest BCUT2D eigenvalue weighted by molar-refractivity contribution is 8.03. The van der Waals surface area contributed by atoms with E-state index in [9.17, 15) is 8.42 Å². The molecule has 0 atom stereocenters. The molecular formula is C17H19NO4S4. The van der Waals surface area contributed by atoms with Crippen LogP contribution in [0.1, 0.15) is 19.8 Å². The summed E-state index contributed by atoms with van der Waals surface area (Å²) in [5.41, 5.74) is 1.06. The first-order valence-electron chi connectivity index (χ1n) is 8.07. The molecule has 5 nitrogen and oxygen atoms in total. The van der Waals surface area contributed by atoms with Gasteiger partial charge in [0.05, 0.1) is 28.3 Å². The number of methoxy groups -OCH3 is 1. The Morgan fingerprint density at radius 1 is 1.46 bits per heavy atom. The second-order valence-corrected chi connectivity index (χ2v) is 9.86. The van der Waals surface area contributed by atoms with Crippen molar-refractivity contribution in [1.82, 2.24) is 0 Å². The van der Waals surface area contributed by atoms with Gasteiger partial charge < -0.3 is 9.64 Å². The standard InChI is InChI=1S/C17H19NO4S4/c1-3-11(23)9-15-18(6-4-8-26(19,20)21)16-14(25-15)10-13(22-2)12-5-7-24-17(12)16/h5,7,9-10H,3-4,6,8H2,1-2H3,(H,19,20,21)/b15-9-. The average molecular weight is 430 g/mol. The van der Waals surface area contributed by atoms with E-state index < -0.39 is 10.1 Å². The minimum atomic E-state index is -3.98. The molecule has 2 aromatic rings. The van der Waals surface area contributed by atoms with Crippen LogP contribution < -0.4 is 9.64 Å². The molecule has 0 unspecified atom stereocenters. The summed E-state index contributed by atoms with van der Waals surface area (Å²) in [7, 11) is -2.32. The average Bonchev–Trinajstić information content (AvgIpc) is 3.17. The van der Waals surface area contributed by atoms with Crippen LogP contribution in [0.25, 0.3) is 10.1 Å². The topological polar surface area (TPSA) is 66.8 Å². The van der Waals surface area contributed by atoms with Gasteiger partial charge in [-0.15, -0.1) is 11.3 Å². The van der Waals surface area contributed by atoms with Crippen molar-refractivity contribution in [2.45, 2.75) is 24.7 Å². The molecule has 1 aromatic carbocycles. The largest absolute Gasteiger partial charge is 0.496 e. The molecule has 0 amide bonds. The van der Waals surface area contributed by atoms with E-state index in [1.807, 2.05) is 30.5 Å². The molecule has 26 heavy (non-hydrogen) atoms. The Kier molecular flexibility index (Phi) is 5.93. The Morgan fingerprint density at radius 2 is 2.23 bits per heavy atom. The van der Waals surface area contributed by atoms with Crippen LogP contribution in [0, 0.1) is 0 Å². The molecule has 2 heterocycles. The molecule has 9 heteroatoms. The number of thiophene rings is 1. The van der Waals surface area contributed by atoms with Crippen molar-refractivity contribution in [3.8, 4) is 5.75 Å². The molecule has 0 bridgehead atoms. The molecule has 1 aromatic heterocycles. The van der Waals surface area contributed by atoms with Gasteiger partial charge in [-0.25, -0.2) is 0 Å². The fourth-order valence-corrected chi connectivity index (χ4v) is 5.72. The summed E-state index contributed by atoms with van der Waals surface area (Å²) in [5.74, 6) is 0.559. The SMILES string of the molecule is CCC(=S)/C=C1\Sc2cc(OC)c3ccsc3c2N1CCCS(=O)(=O)O. The highest BCUT2D eigenvalue weighted by Gasteiger charge is 2.29. The monoisotopic (exact) mass is 429 g/mol. The van der Waals surface area contributed by atoms with E-state index in [0.29, 0.717) is 13.0 Å². The highest BCUT2D eigenvalue weighted by atomic mass is 32.2. The summed E-state index contributed by atoms with van der Waals surface area (Å²) >= 11 is 8.62. The number of nitrogens with zero attached hydrogens (tertiary/aromatic N) is 1. The van der Waals surface area contributed by atoms with Gasteiger partial charge in [0.25, 0.3) is 10.1 Å². The molecule has 0 aliphatic carbocycles. The maximum absolute atomic E-state index is 11.1. The van der Waals surface area contributed by atoms with Crippen molar-refractivity contribution in [1.29, 1.82) is 0 Å². The molecule has 0 radical (unpaired) electrons. The molecule has 0 fully saturated rings. The molecule has 3 rings (SSSR count). The molecular weight excluding hydrogens is 410 g/mol. The lowest BCUT2D eigenvalue weighted by molar-refractivity contribution is 0.419. The van der Waals surface area contributed by atoms with Crippen LogP contribution in [0.15, 0.2) is 33.5 Å². The van der Waals surface area contributed by atoms with Gasteiger partial charge in [-0.2, -0.15) is 8.42 Å². The maximum atomic E-state index is 11.1. The minimum absolute atomic E-state index is 0.265. The van der Waals surface area contributed by atoms with Gasteiger partial charge in [-0.3, -0.25) is 4.55 Å². The summed E-state index contributed by atoms with van der Waals surface area (Å²) < 4.78 is 37.9. The number of thioether (sulfide) groups is 1. The van der Waals surface area contributed by atoms with Crippen LogP contribution in [0.2, 0.25) is 0 Å². The van der Waals surface area contributed by atoms with Gasteiger partial charge in [-0.05, 0) is 36.4 Å². The second kappa shape index (κ2) is 7.85. The van der Waals surface area contributed by atoms with Gasteiger partial charge in [0.1, 0.15) is 5.75 Å². The number of rotatable bonds is 7. The lowest BCUT2D eigenvalue weighted by atomic mass is 10.2. The summed E-state index contributed by atoms with van der Waals surface area (Å²) in [6, 6.07) is 4.04. The molecule has 1 aliphatic heterocycles. The van der Waals surface area contributed by atoms with Gasteiger partial charge >= 0.3 is 0 Å². The predicted molar refractivity (Wildman–Crippen MR) is 114 cm³/mol. The second-order valence-electron chi connectivity index (χ2n) is 5.78. The molecule has 0 saturated heterocycles. The van der Waals surface area contributed by atoms with Gasteiger partial charge in [0.15, 0.2) is 0 Å². The number of fused-ring (bicyclic) bond motifs is 3. The van der Waals surface area contributed by atoms with E-state index in [1.54, 1.807) is 30.2 Å². The fourth-order valence-electron chi connectivity index (χ4n) is 2.82. The van der Waals surface area contributed by atoms with Gasteiger partial charge in [0, 0.05) is 21.7 Å². The Morgan fingerprint density at radius 3 is 2.88 bits per heavy atom. The molecule has 0 saturated carbocycles. The predicted octanol–water partition coefficient (Wildman–Crippen LogP) is 4.72. The third-order valence-electron chi connectivity index (χ3n) is 4.03. The Hall–Kier alpha value is -1.13. The van der Waals surface area contributed by atoms with Crippen molar-refractivity contribution >= 4 is 66.1 Å². The minimum Gasteiger partial charge on any atom is -0.496 e. The maximum Gasteiger partial charge on any atom is 0.264 e. The third-order valence-corrected chi connectivity index (χ3v) is 7.24. The smallest absolute Gasteiger partial charge is 0.264 e. The Bertz CT molecular complexity index is 978.